The fraction of sp³-hybridized carbons (Fsp3) is 0.684. The Kier molecular flexibility index (Phi) is 4.59. The van der Waals surface area contributed by atoms with Crippen molar-refractivity contribution in [2.45, 2.75) is 71.8 Å². The van der Waals surface area contributed by atoms with E-state index in [1.54, 1.807) is 0 Å². The van der Waals surface area contributed by atoms with E-state index in [0.717, 1.165) is 6.54 Å². The molecule has 1 unspecified atom stereocenters. The fourth-order valence-corrected chi connectivity index (χ4v) is 3.19. The van der Waals surface area contributed by atoms with Gasteiger partial charge in [0.1, 0.15) is 0 Å². The lowest BCUT2D eigenvalue weighted by molar-refractivity contribution is 0.302. The van der Waals surface area contributed by atoms with Crippen LogP contribution in [-0.4, -0.2) is 6.54 Å². The van der Waals surface area contributed by atoms with Crippen molar-refractivity contribution in [1.29, 1.82) is 0 Å². The van der Waals surface area contributed by atoms with Crippen molar-refractivity contribution < 1.29 is 0 Å². The van der Waals surface area contributed by atoms with Crippen LogP contribution in [0.4, 0.5) is 0 Å². The molecule has 1 nitrogen and oxygen atoms in total. The van der Waals surface area contributed by atoms with Gasteiger partial charge in [0.25, 0.3) is 0 Å². The van der Waals surface area contributed by atoms with E-state index in [9.17, 15) is 0 Å². The van der Waals surface area contributed by atoms with Crippen LogP contribution in [0.2, 0.25) is 0 Å². The first-order valence-corrected chi connectivity index (χ1v) is 8.14. The van der Waals surface area contributed by atoms with Gasteiger partial charge in [-0.3, -0.25) is 0 Å². The van der Waals surface area contributed by atoms with Gasteiger partial charge in [-0.2, -0.15) is 0 Å². The van der Waals surface area contributed by atoms with Gasteiger partial charge in [-0.25, -0.2) is 0 Å². The summed E-state index contributed by atoms with van der Waals surface area (Å²) in [7, 11) is 0. The van der Waals surface area contributed by atoms with Gasteiger partial charge in [0.15, 0.2) is 0 Å². The van der Waals surface area contributed by atoms with Crippen LogP contribution >= 0.6 is 0 Å². The van der Waals surface area contributed by atoms with Crippen LogP contribution < -0.4 is 5.32 Å². The molecule has 0 bridgehead atoms. The molecule has 0 radical (unpaired) electrons. The highest BCUT2D eigenvalue weighted by Gasteiger charge is 2.28. The van der Waals surface area contributed by atoms with Crippen molar-refractivity contribution in [1.82, 2.24) is 5.32 Å². The number of benzene rings is 1. The molecule has 0 aliphatic heterocycles. The van der Waals surface area contributed by atoms with E-state index in [-0.39, 0.29) is 5.41 Å². The fourth-order valence-electron chi connectivity index (χ4n) is 3.19. The molecular formula is C19H31N. The molecule has 1 aromatic carbocycles. The molecule has 1 N–H and O–H groups in total. The molecule has 2 rings (SSSR count). The van der Waals surface area contributed by atoms with E-state index in [1.165, 1.54) is 36.8 Å². The second-order valence-corrected chi connectivity index (χ2v) is 7.99. The average molecular weight is 273 g/mol. The summed E-state index contributed by atoms with van der Waals surface area (Å²) >= 11 is 0. The van der Waals surface area contributed by atoms with Crippen molar-refractivity contribution >= 4 is 0 Å². The van der Waals surface area contributed by atoms with E-state index < -0.39 is 0 Å². The van der Waals surface area contributed by atoms with Gasteiger partial charge in [0, 0.05) is 12.6 Å². The summed E-state index contributed by atoms with van der Waals surface area (Å²) in [6.07, 6.45) is 5.59. The van der Waals surface area contributed by atoms with Crippen molar-refractivity contribution in [3.63, 3.8) is 0 Å². The van der Waals surface area contributed by atoms with Gasteiger partial charge in [-0.05, 0) is 41.7 Å². The standard InChI is InChI=1S/C19H31N/c1-15(20-14-19(5)12-6-7-13-19)16-8-10-17(11-9-16)18(2,3)4/h8-11,15,20H,6-7,12-14H2,1-5H3. The number of nitrogens with one attached hydrogen (secondary N) is 1. The van der Waals surface area contributed by atoms with Crippen molar-refractivity contribution in [3.05, 3.63) is 35.4 Å². The maximum absolute atomic E-state index is 3.74. The minimum absolute atomic E-state index is 0.243. The van der Waals surface area contributed by atoms with Crippen LogP contribution in [0.1, 0.15) is 77.5 Å². The largest absolute Gasteiger partial charge is 0.310 e. The van der Waals surface area contributed by atoms with Crippen LogP contribution in [0.3, 0.4) is 0 Å². The van der Waals surface area contributed by atoms with Gasteiger partial charge < -0.3 is 5.32 Å². The summed E-state index contributed by atoms with van der Waals surface area (Å²) in [5.41, 5.74) is 3.59. The first-order chi connectivity index (χ1) is 9.30. The molecule has 0 spiro atoms. The molecule has 1 aliphatic rings. The average Bonchev–Trinajstić information content (AvgIpc) is 2.83. The van der Waals surface area contributed by atoms with Gasteiger partial charge in [-0.15, -0.1) is 0 Å². The summed E-state index contributed by atoms with van der Waals surface area (Å²) in [6.45, 7) is 12.7. The monoisotopic (exact) mass is 273 g/mol. The van der Waals surface area contributed by atoms with Gasteiger partial charge in [0.05, 0.1) is 0 Å². The molecule has 20 heavy (non-hydrogen) atoms. The topological polar surface area (TPSA) is 12.0 Å². The zero-order valence-corrected chi connectivity index (χ0v) is 13.9. The molecule has 1 aromatic rings. The normalized spacial score (nSPS) is 20.1. The van der Waals surface area contributed by atoms with E-state index >= 15 is 0 Å². The highest BCUT2D eigenvalue weighted by molar-refractivity contribution is 5.29. The summed E-state index contributed by atoms with van der Waals surface area (Å²) in [6, 6.07) is 9.58. The molecule has 1 heteroatoms. The van der Waals surface area contributed by atoms with Crippen molar-refractivity contribution in [3.8, 4) is 0 Å². The minimum Gasteiger partial charge on any atom is -0.310 e. The third-order valence-corrected chi connectivity index (χ3v) is 4.92. The summed E-state index contributed by atoms with van der Waals surface area (Å²) in [5.74, 6) is 0. The maximum Gasteiger partial charge on any atom is 0.0292 e. The Bertz CT molecular complexity index is 418. The number of rotatable bonds is 4. The van der Waals surface area contributed by atoms with Crippen molar-refractivity contribution in [2.24, 2.45) is 5.41 Å². The SMILES string of the molecule is CC(NCC1(C)CCCC1)c1ccc(C(C)(C)C)cc1. The quantitative estimate of drug-likeness (QED) is 0.793. The maximum atomic E-state index is 3.74. The third-order valence-electron chi connectivity index (χ3n) is 4.92. The lowest BCUT2D eigenvalue weighted by Crippen LogP contribution is -2.31. The second kappa shape index (κ2) is 5.89. The number of hydrogen-bond donors (Lipinski definition) is 1. The first kappa shape index (κ1) is 15.6. The summed E-state index contributed by atoms with van der Waals surface area (Å²) in [4.78, 5) is 0. The molecule has 1 saturated carbocycles. The van der Waals surface area contributed by atoms with Crippen molar-refractivity contribution in [2.75, 3.05) is 6.54 Å². The van der Waals surface area contributed by atoms with Crippen LogP contribution in [-0.2, 0) is 5.41 Å². The Balaban J connectivity index is 1.94. The zero-order valence-electron chi connectivity index (χ0n) is 13.9. The van der Waals surface area contributed by atoms with E-state index in [0.29, 0.717) is 11.5 Å². The molecule has 0 heterocycles. The second-order valence-electron chi connectivity index (χ2n) is 7.99. The summed E-state index contributed by atoms with van der Waals surface area (Å²) in [5, 5.41) is 3.74. The highest BCUT2D eigenvalue weighted by Crippen LogP contribution is 2.37. The molecule has 0 amide bonds. The molecule has 1 aliphatic carbocycles. The number of hydrogen-bond acceptors (Lipinski definition) is 1. The Morgan fingerprint density at radius 2 is 1.65 bits per heavy atom. The molecule has 112 valence electrons. The lowest BCUT2D eigenvalue weighted by Gasteiger charge is -2.27. The molecule has 0 saturated heterocycles. The van der Waals surface area contributed by atoms with Crippen LogP contribution in [0.5, 0.6) is 0 Å². The van der Waals surface area contributed by atoms with Gasteiger partial charge in [-0.1, -0.05) is 64.8 Å². The van der Waals surface area contributed by atoms with Crippen LogP contribution in [0, 0.1) is 5.41 Å². The smallest absolute Gasteiger partial charge is 0.0292 e. The molecule has 0 aromatic heterocycles. The third kappa shape index (κ3) is 3.85. The Hall–Kier alpha value is -0.820. The van der Waals surface area contributed by atoms with Gasteiger partial charge >= 0.3 is 0 Å². The van der Waals surface area contributed by atoms with Gasteiger partial charge in [0.2, 0.25) is 0 Å². The lowest BCUT2D eigenvalue weighted by atomic mass is 9.86. The van der Waals surface area contributed by atoms with E-state index in [2.05, 4.69) is 64.2 Å². The first-order valence-electron chi connectivity index (χ1n) is 8.14. The minimum atomic E-state index is 0.243. The summed E-state index contributed by atoms with van der Waals surface area (Å²) < 4.78 is 0. The van der Waals surface area contributed by atoms with Crippen LogP contribution in [0.25, 0.3) is 0 Å². The highest BCUT2D eigenvalue weighted by atomic mass is 14.9. The Morgan fingerprint density at radius 3 is 2.15 bits per heavy atom. The predicted octanol–water partition coefficient (Wildman–Crippen LogP) is 5.22. The zero-order chi connectivity index (χ0) is 14.8. The predicted molar refractivity (Wildman–Crippen MR) is 88.1 cm³/mol. The van der Waals surface area contributed by atoms with E-state index in [1.807, 2.05) is 0 Å². The van der Waals surface area contributed by atoms with Crippen LogP contribution in [0.15, 0.2) is 24.3 Å². The molecule has 1 fully saturated rings. The Labute approximate surface area is 125 Å². The van der Waals surface area contributed by atoms with E-state index in [4.69, 9.17) is 0 Å². The Morgan fingerprint density at radius 1 is 1.10 bits per heavy atom. The molecular weight excluding hydrogens is 242 g/mol. The molecule has 1 atom stereocenters.